The fourth-order valence-electron chi connectivity index (χ4n) is 1.71. The van der Waals surface area contributed by atoms with Gasteiger partial charge in [0.15, 0.2) is 5.75 Å². The lowest BCUT2D eigenvalue weighted by Gasteiger charge is -2.09. The zero-order chi connectivity index (χ0) is 14.7. The van der Waals surface area contributed by atoms with Gasteiger partial charge in [0.25, 0.3) is 0 Å². The van der Waals surface area contributed by atoms with Crippen LogP contribution in [-0.4, -0.2) is 20.9 Å². The van der Waals surface area contributed by atoms with Crippen LogP contribution in [0.4, 0.5) is 0 Å². The number of halogens is 1. The van der Waals surface area contributed by atoms with Crippen molar-refractivity contribution in [2.45, 2.75) is 26.5 Å². The second-order valence-corrected chi connectivity index (χ2v) is 5.00. The maximum absolute atomic E-state index is 11.1. The molecule has 0 spiro atoms. The van der Waals surface area contributed by atoms with Gasteiger partial charge in [-0.1, -0.05) is 17.7 Å². The number of carboxylic acid groups (broad SMARTS) is 1. The van der Waals surface area contributed by atoms with Gasteiger partial charge >= 0.3 is 5.97 Å². The summed E-state index contributed by atoms with van der Waals surface area (Å²) in [6.45, 7) is 4.21. The molecular weight excluding hydrogens is 280 g/mol. The first-order chi connectivity index (χ1) is 9.49. The van der Waals surface area contributed by atoms with Crippen LogP contribution >= 0.6 is 11.6 Å². The van der Waals surface area contributed by atoms with Gasteiger partial charge in [-0.15, -0.1) is 0 Å². The lowest BCUT2D eigenvalue weighted by molar-refractivity contribution is 0.0691. The van der Waals surface area contributed by atoms with Crippen molar-refractivity contribution < 1.29 is 14.6 Å². The van der Waals surface area contributed by atoms with Crippen LogP contribution in [0.1, 0.15) is 35.9 Å². The van der Waals surface area contributed by atoms with Gasteiger partial charge in [-0.05, 0) is 32.0 Å². The number of rotatable bonds is 5. The molecule has 1 N–H and O–H groups in total. The van der Waals surface area contributed by atoms with Crippen molar-refractivity contribution in [3.05, 3.63) is 46.7 Å². The molecule has 0 aliphatic carbocycles. The highest BCUT2D eigenvalue weighted by molar-refractivity contribution is 6.32. The molecule has 2 aromatic rings. The fourth-order valence-corrected chi connectivity index (χ4v) is 1.94. The number of para-hydroxylation sites is 1. The SMILES string of the molecule is CC(C)n1ccc(COc2c(Cl)cccc2C(=O)O)n1. The minimum Gasteiger partial charge on any atom is -0.485 e. The Morgan fingerprint density at radius 2 is 2.20 bits per heavy atom. The molecule has 0 atom stereocenters. The van der Waals surface area contributed by atoms with Crippen molar-refractivity contribution in [2.24, 2.45) is 0 Å². The Morgan fingerprint density at radius 1 is 1.45 bits per heavy atom. The molecule has 1 aromatic heterocycles. The van der Waals surface area contributed by atoms with Crippen molar-refractivity contribution >= 4 is 17.6 Å². The number of ether oxygens (including phenoxy) is 1. The summed E-state index contributed by atoms with van der Waals surface area (Å²) >= 11 is 5.98. The van der Waals surface area contributed by atoms with Crippen molar-refractivity contribution in [1.29, 1.82) is 0 Å². The summed E-state index contributed by atoms with van der Waals surface area (Å²) in [6.07, 6.45) is 1.86. The summed E-state index contributed by atoms with van der Waals surface area (Å²) in [4.78, 5) is 11.1. The summed E-state index contributed by atoms with van der Waals surface area (Å²) in [7, 11) is 0. The highest BCUT2D eigenvalue weighted by atomic mass is 35.5. The Balaban J connectivity index is 2.16. The molecule has 0 aliphatic rings. The monoisotopic (exact) mass is 294 g/mol. The third-order valence-corrected chi connectivity index (χ3v) is 3.05. The average Bonchev–Trinajstić information content (AvgIpc) is 2.86. The van der Waals surface area contributed by atoms with Crippen molar-refractivity contribution in [1.82, 2.24) is 9.78 Å². The molecule has 0 aliphatic heterocycles. The molecule has 1 aromatic carbocycles. The van der Waals surface area contributed by atoms with Crippen LogP contribution in [0.25, 0.3) is 0 Å². The molecule has 5 nitrogen and oxygen atoms in total. The molecule has 106 valence electrons. The number of hydrogen-bond donors (Lipinski definition) is 1. The van der Waals surface area contributed by atoms with E-state index in [1.807, 2.05) is 30.8 Å². The Morgan fingerprint density at radius 3 is 2.80 bits per heavy atom. The predicted octanol–water partition coefficient (Wildman–Crippen LogP) is 3.39. The zero-order valence-electron chi connectivity index (χ0n) is 11.2. The third kappa shape index (κ3) is 3.11. The first-order valence-electron chi connectivity index (χ1n) is 6.17. The molecule has 0 radical (unpaired) electrons. The maximum atomic E-state index is 11.1. The molecule has 0 unspecified atom stereocenters. The first-order valence-corrected chi connectivity index (χ1v) is 6.55. The van der Waals surface area contributed by atoms with Crippen LogP contribution in [0.15, 0.2) is 30.5 Å². The van der Waals surface area contributed by atoms with Crippen LogP contribution in [0, 0.1) is 0 Å². The third-order valence-electron chi connectivity index (χ3n) is 2.75. The molecular formula is C14H15ClN2O3. The topological polar surface area (TPSA) is 64.3 Å². The van der Waals surface area contributed by atoms with E-state index < -0.39 is 5.97 Å². The summed E-state index contributed by atoms with van der Waals surface area (Å²) in [5, 5.41) is 13.7. The fraction of sp³-hybridized carbons (Fsp3) is 0.286. The van der Waals surface area contributed by atoms with Gasteiger partial charge in [0.05, 0.1) is 10.7 Å². The van der Waals surface area contributed by atoms with Gasteiger partial charge in [-0.25, -0.2) is 4.79 Å². The largest absolute Gasteiger partial charge is 0.485 e. The standard InChI is InChI=1S/C14H15ClN2O3/c1-9(2)17-7-6-10(16-17)8-20-13-11(14(18)19)4-3-5-12(13)15/h3-7,9H,8H2,1-2H3,(H,18,19). The predicted molar refractivity (Wildman–Crippen MR) is 75.4 cm³/mol. The quantitative estimate of drug-likeness (QED) is 0.918. The van der Waals surface area contributed by atoms with Gasteiger partial charge in [0.2, 0.25) is 0 Å². The van der Waals surface area contributed by atoms with E-state index in [4.69, 9.17) is 21.4 Å². The number of benzene rings is 1. The lowest BCUT2D eigenvalue weighted by Crippen LogP contribution is -2.06. The number of aromatic carboxylic acids is 1. The number of nitrogens with zero attached hydrogens (tertiary/aromatic N) is 2. The van der Waals surface area contributed by atoms with Crippen LogP contribution in [0.2, 0.25) is 5.02 Å². The Labute approximate surface area is 121 Å². The van der Waals surface area contributed by atoms with E-state index in [1.165, 1.54) is 6.07 Å². The molecule has 0 saturated heterocycles. The van der Waals surface area contributed by atoms with E-state index in [0.29, 0.717) is 0 Å². The summed E-state index contributed by atoms with van der Waals surface area (Å²) in [5.41, 5.74) is 0.760. The second-order valence-electron chi connectivity index (χ2n) is 4.59. The highest BCUT2D eigenvalue weighted by Gasteiger charge is 2.15. The Bertz CT molecular complexity index is 623. The number of carbonyl (C=O) groups is 1. The van der Waals surface area contributed by atoms with Crippen LogP contribution in [0.3, 0.4) is 0 Å². The maximum Gasteiger partial charge on any atom is 0.339 e. The normalized spacial score (nSPS) is 10.8. The molecule has 0 saturated carbocycles. The number of hydrogen-bond acceptors (Lipinski definition) is 3. The molecule has 2 rings (SSSR count). The smallest absolute Gasteiger partial charge is 0.339 e. The van der Waals surface area contributed by atoms with Gasteiger partial charge in [-0.2, -0.15) is 5.10 Å². The minimum atomic E-state index is -1.07. The van der Waals surface area contributed by atoms with Crippen molar-refractivity contribution in [3.63, 3.8) is 0 Å². The van der Waals surface area contributed by atoms with Gasteiger partial charge < -0.3 is 9.84 Å². The Hall–Kier alpha value is -2.01. The van der Waals surface area contributed by atoms with Crippen molar-refractivity contribution in [3.8, 4) is 5.75 Å². The summed E-state index contributed by atoms with van der Waals surface area (Å²) in [6, 6.07) is 6.72. The minimum absolute atomic E-state index is 0.0424. The zero-order valence-corrected chi connectivity index (χ0v) is 12.0. The van der Waals surface area contributed by atoms with Crippen LogP contribution in [-0.2, 0) is 6.61 Å². The van der Waals surface area contributed by atoms with E-state index in [-0.39, 0.29) is 29.0 Å². The first kappa shape index (κ1) is 14.4. The number of carboxylic acids is 1. The lowest BCUT2D eigenvalue weighted by atomic mass is 10.2. The molecule has 0 fully saturated rings. The van der Waals surface area contributed by atoms with Gasteiger partial charge in [0, 0.05) is 12.2 Å². The second kappa shape index (κ2) is 5.96. The van der Waals surface area contributed by atoms with E-state index in [0.717, 1.165) is 5.69 Å². The number of aromatic nitrogens is 2. The van der Waals surface area contributed by atoms with E-state index in [1.54, 1.807) is 12.1 Å². The van der Waals surface area contributed by atoms with Crippen molar-refractivity contribution in [2.75, 3.05) is 0 Å². The average molecular weight is 295 g/mol. The summed E-state index contributed by atoms with van der Waals surface area (Å²) in [5.74, 6) is -0.907. The van der Waals surface area contributed by atoms with E-state index in [9.17, 15) is 4.79 Å². The molecule has 20 heavy (non-hydrogen) atoms. The Kier molecular flexibility index (Phi) is 4.29. The molecule has 0 bridgehead atoms. The molecule has 0 amide bonds. The molecule has 6 heteroatoms. The van der Waals surface area contributed by atoms with Crippen LogP contribution in [0.5, 0.6) is 5.75 Å². The van der Waals surface area contributed by atoms with E-state index in [2.05, 4.69) is 5.10 Å². The van der Waals surface area contributed by atoms with Gasteiger partial charge in [-0.3, -0.25) is 4.68 Å². The highest BCUT2D eigenvalue weighted by Crippen LogP contribution is 2.29. The van der Waals surface area contributed by atoms with Crippen LogP contribution < -0.4 is 4.74 Å². The van der Waals surface area contributed by atoms with E-state index >= 15 is 0 Å². The molecule has 1 heterocycles. The summed E-state index contributed by atoms with van der Waals surface area (Å²) < 4.78 is 7.33. The van der Waals surface area contributed by atoms with Gasteiger partial charge in [0.1, 0.15) is 12.2 Å².